The summed E-state index contributed by atoms with van der Waals surface area (Å²) in [6.45, 7) is 27.5. The molecule has 10 nitrogen and oxygen atoms in total. The van der Waals surface area contributed by atoms with Gasteiger partial charge in [-0.05, 0) is 57.0 Å². The van der Waals surface area contributed by atoms with Crippen molar-refractivity contribution in [2.75, 3.05) is 26.9 Å². The monoisotopic (exact) mass is 620 g/mol. The molecule has 0 bridgehead atoms. The Labute approximate surface area is 249 Å². The van der Waals surface area contributed by atoms with Gasteiger partial charge < -0.3 is 37.3 Å². The number of esters is 2. The first-order valence-electron chi connectivity index (χ1n) is 14.8. The van der Waals surface area contributed by atoms with Gasteiger partial charge in [-0.15, -0.1) is 0 Å². The number of hydrogen-bond donors (Lipinski definition) is 0. The van der Waals surface area contributed by atoms with Gasteiger partial charge in [-0.1, -0.05) is 41.5 Å². The van der Waals surface area contributed by atoms with Crippen LogP contribution in [0, 0.1) is 5.41 Å². The first kappa shape index (κ1) is 36.3. The van der Waals surface area contributed by atoms with Crippen LogP contribution >= 0.6 is 0 Å². The minimum Gasteiger partial charge on any atom is -0.465 e. The number of ether oxygens (including phenoxy) is 6. The summed E-state index contributed by atoms with van der Waals surface area (Å²) < 4.78 is 48.7. The predicted octanol–water partition coefficient (Wildman–Crippen LogP) is 5.40. The molecule has 240 valence electrons. The average molecular weight is 621 g/mol. The number of rotatable bonds is 11. The third-order valence-corrected chi connectivity index (χ3v) is 18.1. The molecule has 41 heavy (non-hydrogen) atoms. The Balaban J connectivity index is 2.56. The van der Waals surface area contributed by atoms with Gasteiger partial charge in [0, 0.05) is 13.5 Å². The van der Waals surface area contributed by atoms with Crippen LogP contribution in [-0.2, 0) is 46.9 Å². The summed E-state index contributed by atoms with van der Waals surface area (Å²) in [5.41, 5.74) is -1.67. The molecule has 2 saturated heterocycles. The van der Waals surface area contributed by atoms with E-state index in [4.69, 9.17) is 37.3 Å². The second kappa shape index (κ2) is 13.4. The Kier molecular flexibility index (Phi) is 11.9. The molecule has 0 aromatic rings. The summed E-state index contributed by atoms with van der Waals surface area (Å²) in [7, 11) is -3.22. The van der Waals surface area contributed by atoms with Crippen molar-refractivity contribution in [1.82, 2.24) is 0 Å². The molecule has 0 aromatic heterocycles. The van der Waals surface area contributed by atoms with Crippen LogP contribution in [0.3, 0.4) is 0 Å². The van der Waals surface area contributed by atoms with E-state index in [1.165, 1.54) is 6.92 Å². The molecule has 2 fully saturated rings. The summed E-state index contributed by atoms with van der Waals surface area (Å²) in [6, 6.07) is 0. The van der Waals surface area contributed by atoms with Gasteiger partial charge in [0.05, 0.1) is 25.9 Å². The second-order valence-electron chi connectivity index (χ2n) is 14.4. The third-order valence-electron chi connectivity index (χ3n) is 9.12. The van der Waals surface area contributed by atoms with Gasteiger partial charge in [0.1, 0.15) is 12.2 Å². The molecule has 0 spiro atoms. The lowest BCUT2D eigenvalue weighted by atomic mass is 9.86. The van der Waals surface area contributed by atoms with E-state index in [0.29, 0.717) is 13.2 Å². The maximum atomic E-state index is 14.0. The van der Waals surface area contributed by atoms with Crippen molar-refractivity contribution < 1.29 is 46.9 Å². The standard InChI is InChI=1S/C29H56O10Si2/c1-15-33-25(30)29(9,18-20-34-16-17-35-20)26(31)37-21-19(2)36-24(32-10)23(39-41(13,14)28(6,7)8)22(21)38-40(11,12)27(3,4)5/h19-24H,15-18H2,1-14H3/t19-,21-,22+,23-,24+,29-/m1/s1. The van der Waals surface area contributed by atoms with Crippen LogP contribution in [-0.4, -0.2) is 92.5 Å². The summed E-state index contributed by atoms with van der Waals surface area (Å²) in [4.78, 5) is 27.2. The van der Waals surface area contributed by atoms with Crippen LogP contribution < -0.4 is 0 Å². The van der Waals surface area contributed by atoms with Gasteiger partial charge in [-0.25, -0.2) is 0 Å². The van der Waals surface area contributed by atoms with Crippen molar-refractivity contribution in [3.63, 3.8) is 0 Å². The van der Waals surface area contributed by atoms with Crippen molar-refractivity contribution in [2.45, 2.75) is 142 Å². The maximum absolute atomic E-state index is 14.0. The molecule has 0 radical (unpaired) electrons. The van der Waals surface area contributed by atoms with E-state index in [1.54, 1.807) is 14.0 Å². The van der Waals surface area contributed by atoms with Crippen LogP contribution in [0.4, 0.5) is 0 Å². The smallest absolute Gasteiger partial charge is 0.323 e. The molecular formula is C29H56O10Si2. The quantitative estimate of drug-likeness (QED) is 0.169. The van der Waals surface area contributed by atoms with E-state index in [9.17, 15) is 9.59 Å². The molecule has 0 saturated carbocycles. The lowest BCUT2D eigenvalue weighted by molar-refractivity contribution is -0.284. The Morgan fingerprint density at radius 3 is 1.73 bits per heavy atom. The van der Waals surface area contributed by atoms with Crippen molar-refractivity contribution in [1.29, 1.82) is 0 Å². The lowest BCUT2D eigenvalue weighted by Gasteiger charge is -2.51. The van der Waals surface area contributed by atoms with Gasteiger partial charge in [-0.3, -0.25) is 9.59 Å². The number of methoxy groups -OCH3 is 1. The number of carbonyl (C=O) groups excluding carboxylic acids is 2. The lowest BCUT2D eigenvalue weighted by Crippen LogP contribution is -2.66. The minimum absolute atomic E-state index is 0.0367. The van der Waals surface area contributed by atoms with Crippen molar-refractivity contribution in [3.05, 3.63) is 0 Å². The van der Waals surface area contributed by atoms with E-state index in [0.717, 1.165) is 0 Å². The molecule has 0 unspecified atom stereocenters. The largest absolute Gasteiger partial charge is 0.465 e. The molecule has 12 heteroatoms. The molecular weight excluding hydrogens is 564 g/mol. The molecule has 0 amide bonds. The van der Waals surface area contributed by atoms with Crippen LogP contribution in [0.1, 0.15) is 68.7 Å². The SMILES string of the molecule is CCOC(=O)[C@@](C)(CC1OCCO1)C(=O)O[C@H]1[C@H](O[Si](C)(C)C(C)(C)C)[C@@H](O[Si](C)(C)C(C)(C)C)[C@@H](OC)O[C@@H]1C. The predicted molar refractivity (Wildman–Crippen MR) is 160 cm³/mol. The maximum Gasteiger partial charge on any atom is 0.323 e. The van der Waals surface area contributed by atoms with Crippen molar-refractivity contribution >= 4 is 28.6 Å². The molecule has 6 atom stereocenters. The Morgan fingerprint density at radius 1 is 0.805 bits per heavy atom. The van der Waals surface area contributed by atoms with Gasteiger partial charge in [0.2, 0.25) is 0 Å². The van der Waals surface area contributed by atoms with Gasteiger partial charge in [-0.2, -0.15) is 0 Å². The van der Waals surface area contributed by atoms with E-state index < -0.39 is 71.0 Å². The van der Waals surface area contributed by atoms with Crippen LogP contribution in [0.25, 0.3) is 0 Å². The first-order chi connectivity index (χ1) is 18.6. The molecule has 2 aliphatic heterocycles. The fourth-order valence-corrected chi connectivity index (χ4v) is 6.85. The highest BCUT2D eigenvalue weighted by Crippen LogP contribution is 2.44. The molecule has 2 rings (SSSR count). The Hall–Kier alpha value is -0.866. The molecule has 2 heterocycles. The van der Waals surface area contributed by atoms with Gasteiger partial charge >= 0.3 is 11.9 Å². The topological polar surface area (TPSA) is 108 Å². The normalized spacial score (nSPS) is 28.3. The highest BCUT2D eigenvalue weighted by molar-refractivity contribution is 6.74. The summed E-state index contributed by atoms with van der Waals surface area (Å²) >= 11 is 0. The minimum atomic E-state index is -2.43. The number of hydrogen-bond acceptors (Lipinski definition) is 10. The third kappa shape index (κ3) is 8.40. The molecule has 0 N–H and O–H groups in total. The number of carbonyl (C=O) groups is 2. The Morgan fingerprint density at radius 2 is 1.29 bits per heavy atom. The zero-order valence-electron chi connectivity index (χ0n) is 27.9. The van der Waals surface area contributed by atoms with Gasteiger partial charge in [0.25, 0.3) is 0 Å². The van der Waals surface area contributed by atoms with E-state index in [-0.39, 0.29) is 23.1 Å². The molecule has 0 aliphatic carbocycles. The second-order valence-corrected chi connectivity index (χ2v) is 23.9. The van der Waals surface area contributed by atoms with Gasteiger partial charge in [0.15, 0.2) is 40.7 Å². The summed E-state index contributed by atoms with van der Waals surface area (Å²) in [6.07, 6.45) is -4.34. The van der Waals surface area contributed by atoms with E-state index in [1.807, 2.05) is 6.92 Å². The zero-order chi connectivity index (χ0) is 31.6. The van der Waals surface area contributed by atoms with Crippen LogP contribution in [0.5, 0.6) is 0 Å². The Bertz CT molecular complexity index is 891. The fraction of sp³-hybridized carbons (Fsp3) is 0.931. The van der Waals surface area contributed by atoms with E-state index >= 15 is 0 Å². The van der Waals surface area contributed by atoms with Crippen molar-refractivity contribution in [2.24, 2.45) is 5.41 Å². The average Bonchev–Trinajstić information content (AvgIpc) is 3.33. The highest BCUT2D eigenvalue weighted by atomic mass is 28.4. The van der Waals surface area contributed by atoms with Crippen LogP contribution in [0.15, 0.2) is 0 Å². The molecule has 2 aliphatic rings. The fourth-order valence-electron chi connectivity index (χ4n) is 4.27. The highest BCUT2D eigenvalue weighted by Gasteiger charge is 2.56. The van der Waals surface area contributed by atoms with Crippen molar-refractivity contribution in [3.8, 4) is 0 Å². The summed E-state index contributed by atoms with van der Waals surface area (Å²) in [5.74, 6) is -1.44. The zero-order valence-corrected chi connectivity index (χ0v) is 29.9. The first-order valence-corrected chi connectivity index (χ1v) is 20.6. The van der Waals surface area contributed by atoms with Crippen LogP contribution in [0.2, 0.25) is 36.3 Å². The van der Waals surface area contributed by atoms with E-state index in [2.05, 4.69) is 67.7 Å². The molecule has 0 aromatic carbocycles. The summed E-state index contributed by atoms with van der Waals surface area (Å²) in [5, 5.41) is -0.240.